The molecule has 0 rings (SSSR count). The molecule has 2 heteroatoms. The van der Waals surface area contributed by atoms with Gasteiger partial charge in [-0.3, -0.25) is 0 Å². The highest BCUT2D eigenvalue weighted by Gasteiger charge is 2.23. The molecule has 0 spiro atoms. The summed E-state index contributed by atoms with van der Waals surface area (Å²) in [5.41, 5.74) is -0.807. The lowest BCUT2D eigenvalue weighted by molar-refractivity contribution is -0.0301. The topological polar surface area (TPSA) is 40.5 Å². The van der Waals surface area contributed by atoms with Gasteiger partial charge in [0.1, 0.15) is 0 Å². The molecule has 0 heterocycles. The van der Waals surface area contributed by atoms with E-state index >= 15 is 0 Å². The van der Waals surface area contributed by atoms with Crippen LogP contribution in [0.4, 0.5) is 0 Å². The second-order valence-corrected chi connectivity index (χ2v) is 5.00. The highest BCUT2D eigenvalue weighted by Crippen LogP contribution is 2.20. The summed E-state index contributed by atoms with van der Waals surface area (Å²) in [6.07, 6.45) is 11.2. The molecule has 0 bridgehead atoms. The molecule has 0 aromatic rings. The SMILES string of the molecule is CCCCCCCCCC(O)(CO)CCC. The van der Waals surface area contributed by atoms with E-state index in [1.165, 1.54) is 38.5 Å². The van der Waals surface area contributed by atoms with E-state index in [1.807, 2.05) is 6.92 Å². The van der Waals surface area contributed by atoms with Gasteiger partial charge in [0.25, 0.3) is 0 Å². The van der Waals surface area contributed by atoms with E-state index in [9.17, 15) is 5.11 Å². The molecule has 0 fully saturated rings. The largest absolute Gasteiger partial charge is 0.393 e. The van der Waals surface area contributed by atoms with Gasteiger partial charge < -0.3 is 10.2 Å². The van der Waals surface area contributed by atoms with Gasteiger partial charge in [-0.05, 0) is 12.8 Å². The minimum absolute atomic E-state index is 0.0866. The fourth-order valence-corrected chi connectivity index (χ4v) is 2.16. The van der Waals surface area contributed by atoms with Gasteiger partial charge in [-0.2, -0.15) is 0 Å². The van der Waals surface area contributed by atoms with Crippen molar-refractivity contribution in [3.05, 3.63) is 0 Å². The van der Waals surface area contributed by atoms with E-state index < -0.39 is 5.60 Å². The van der Waals surface area contributed by atoms with Gasteiger partial charge >= 0.3 is 0 Å². The van der Waals surface area contributed by atoms with Crippen LogP contribution in [0.5, 0.6) is 0 Å². The summed E-state index contributed by atoms with van der Waals surface area (Å²) in [5.74, 6) is 0. The van der Waals surface area contributed by atoms with Crippen LogP contribution >= 0.6 is 0 Å². The molecular formula is C14H30O2. The first-order valence-electron chi connectivity index (χ1n) is 7.01. The second kappa shape index (κ2) is 10.1. The molecule has 0 aromatic heterocycles. The van der Waals surface area contributed by atoms with Crippen LogP contribution in [0.15, 0.2) is 0 Å². The van der Waals surface area contributed by atoms with E-state index in [1.54, 1.807) is 0 Å². The lowest BCUT2D eigenvalue weighted by Gasteiger charge is -2.25. The zero-order chi connectivity index (χ0) is 12.3. The quantitative estimate of drug-likeness (QED) is 0.532. The van der Waals surface area contributed by atoms with Gasteiger partial charge in [-0.15, -0.1) is 0 Å². The molecule has 98 valence electrons. The van der Waals surface area contributed by atoms with Crippen LogP contribution in [0, 0.1) is 0 Å². The summed E-state index contributed by atoms with van der Waals surface area (Å²) in [7, 11) is 0. The van der Waals surface area contributed by atoms with E-state index in [2.05, 4.69) is 6.92 Å². The Morgan fingerprint density at radius 1 is 0.750 bits per heavy atom. The Bertz CT molecular complexity index is 148. The first-order chi connectivity index (χ1) is 7.68. The number of hydrogen-bond acceptors (Lipinski definition) is 2. The maximum atomic E-state index is 10.0. The minimum atomic E-state index is -0.807. The molecule has 0 aliphatic rings. The van der Waals surface area contributed by atoms with Gasteiger partial charge in [0.2, 0.25) is 0 Å². The lowest BCUT2D eigenvalue weighted by atomic mass is 9.92. The Morgan fingerprint density at radius 2 is 1.31 bits per heavy atom. The van der Waals surface area contributed by atoms with Crippen LogP contribution in [0.3, 0.4) is 0 Å². The van der Waals surface area contributed by atoms with Crippen molar-refractivity contribution in [1.82, 2.24) is 0 Å². The number of aliphatic hydroxyl groups excluding tert-OH is 1. The summed E-state index contributed by atoms with van der Waals surface area (Å²) < 4.78 is 0. The highest BCUT2D eigenvalue weighted by molar-refractivity contribution is 4.76. The van der Waals surface area contributed by atoms with Crippen molar-refractivity contribution in [1.29, 1.82) is 0 Å². The zero-order valence-electron chi connectivity index (χ0n) is 11.2. The number of hydrogen-bond donors (Lipinski definition) is 2. The van der Waals surface area contributed by atoms with Gasteiger partial charge in [0, 0.05) is 0 Å². The third-order valence-electron chi connectivity index (χ3n) is 3.26. The van der Waals surface area contributed by atoms with Gasteiger partial charge in [-0.1, -0.05) is 65.2 Å². The summed E-state index contributed by atoms with van der Waals surface area (Å²) in [6.45, 7) is 4.19. The Balaban J connectivity index is 3.41. The molecule has 16 heavy (non-hydrogen) atoms. The van der Waals surface area contributed by atoms with E-state index in [0.717, 1.165) is 25.7 Å². The average Bonchev–Trinajstić information content (AvgIpc) is 2.28. The van der Waals surface area contributed by atoms with Gasteiger partial charge in [-0.25, -0.2) is 0 Å². The summed E-state index contributed by atoms with van der Waals surface area (Å²) in [6, 6.07) is 0. The summed E-state index contributed by atoms with van der Waals surface area (Å²) >= 11 is 0. The minimum Gasteiger partial charge on any atom is -0.393 e. The fraction of sp³-hybridized carbons (Fsp3) is 1.00. The first kappa shape index (κ1) is 15.9. The third-order valence-corrected chi connectivity index (χ3v) is 3.26. The maximum absolute atomic E-state index is 10.0. The fourth-order valence-electron chi connectivity index (χ4n) is 2.16. The van der Waals surface area contributed by atoms with Crippen molar-refractivity contribution in [3.63, 3.8) is 0 Å². The Labute approximate surface area is 101 Å². The molecule has 0 saturated carbocycles. The van der Waals surface area contributed by atoms with Crippen LogP contribution in [0.2, 0.25) is 0 Å². The smallest absolute Gasteiger partial charge is 0.0877 e. The second-order valence-electron chi connectivity index (χ2n) is 5.00. The molecule has 0 saturated heterocycles. The van der Waals surface area contributed by atoms with Crippen LogP contribution < -0.4 is 0 Å². The molecule has 0 radical (unpaired) electrons. The Morgan fingerprint density at radius 3 is 1.81 bits per heavy atom. The molecule has 0 aliphatic carbocycles. The van der Waals surface area contributed by atoms with E-state index in [4.69, 9.17) is 5.11 Å². The van der Waals surface area contributed by atoms with E-state index in [0.29, 0.717) is 0 Å². The molecule has 1 unspecified atom stereocenters. The first-order valence-corrected chi connectivity index (χ1v) is 7.01. The molecule has 0 amide bonds. The van der Waals surface area contributed by atoms with Crippen LogP contribution in [0.25, 0.3) is 0 Å². The molecule has 2 N–H and O–H groups in total. The van der Waals surface area contributed by atoms with Gasteiger partial charge in [0.15, 0.2) is 0 Å². The van der Waals surface area contributed by atoms with Crippen molar-refractivity contribution in [3.8, 4) is 0 Å². The zero-order valence-corrected chi connectivity index (χ0v) is 11.2. The predicted molar refractivity (Wildman–Crippen MR) is 69.6 cm³/mol. The number of aliphatic hydroxyl groups is 2. The van der Waals surface area contributed by atoms with Crippen LogP contribution in [0.1, 0.15) is 78.1 Å². The molecular weight excluding hydrogens is 200 g/mol. The molecule has 2 nitrogen and oxygen atoms in total. The van der Waals surface area contributed by atoms with Crippen molar-refractivity contribution in [2.75, 3.05) is 6.61 Å². The number of rotatable bonds is 11. The van der Waals surface area contributed by atoms with Crippen LogP contribution in [-0.4, -0.2) is 22.4 Å². The summed E-state index contributed by atoms with van der Waals surface area (Å²) in [4.78, 5) is 0. The van der Waals surface area contributed by atoms with Crippen molar-refractivity contribution >= 4 is 0 Å². The molecule has 1 atom stereocenters. The normalized spacial score (nSPS) is 15.0. The standard InChI is InChI=1S/C14H30O2/c1-3-5-6-7-8-9-10-12-14(16,13-15)11-4-2/h15-16H,3-13H2,1-2H3. The van der Waals surface area contributed by atoms with Crippen LogP contribution in [-0.2, 0) is 0 Å². The van der Waals surface area contributed by atoms with Crippen molar-refractivity contribution < 1.29 is 10.2 Å². The number of unbranched alkanes of at least 4 members (excludes halogenated alkanes) is 6. The third kappa shape index (κ3) is 8.12. The average molecular weight is 230 g/mol. The Hall–Kier alpha value is -0.0800. The summed E-state index contributed by atoms with van der Waals surface area (Å²) in [5, 5.41) is 19.1. The van der Waals surface area contributed by atoms with Crippen molar-refractivity contribution in [2.24, 2.45) is 0 Å². The monoisotopic (exact) mass is 230 g/mol. The lowest BCUT2D eigenvalue weighted by Crippen LogP contribution is -2.32. The van der Waals surface area contributed by atoms with Gasteiger partial charge in [0.05, 0.1) is 12.2 Å². The molecule has 0 aliphatic heterocycles. The Kier molecular flexibility index (Phi) is 10.0. The molecule has 0 aromatic carbocycles. The van der Waals surface area contributed by atoms with Crippen molar-refractivity contribution in [2.45, 2.75) is 83.7 Å². The predicted octanol–water partition coefficient (Wildman–Crippen LogP) is 3.65. The maximum Gasteiger partial charge on any atom is 0.0877 e. The van der Waals surface area contributed by atoms with E-state index in [-0.39, 0.29) is 6.61 Å². The highest BCUT2D eigenvalue weighted by atomic mass is 16.3.